The Bertz CT molecular complexity index is 680. The van der Waals surface area contributed by atoms with Gasteiger partial charge in [0.25, 0.3) is 0 Å². The van der Waals surface area contributed by atoms with Gasteiger partial charge in [-0.15, -0.1) is 0 Å². The van der Waals surface area contributed by atoms with Crippen LogP contribution in [0.3, 0.4) is 0 Å². The van der Waals surface area contributed by atoms with Gasteiger partial charge in [-0.25, -0.2) is 4.98 Å². The van der Waals surface area contributed by atoms with Gasteiger partial charge < -0.3 is 15.1 Å². The van der Waals surface area contributed by atoms with Crippen LogP contribution in [0, 0.1) is 13.8 Å². The minimum Gasteiger partial charge on any atom is -0.444 e. The third kappa shape index (κ3) is 5.25. The Balaban J connectivity index is 1.82. The average Bonchev–Trinajstić information content (AvgIpc) is 2.84. The van der Waals surface area contributed by atoms with Gasteiger partial charge in [0.1, 0.15) is 5.76 Å². The predicted molar refractivity (Wildman–Crippen MR) is 97.0 cm³/mol. The summed E-state index contributed by atoms with van der Waals surface area (Å²) in [5.41, 5.74) is 2.06. The first kappa shape index (κ1) is 17.8. The summed E-state index contributed by atoms with van der Waals surface area (Å²) in [5.74, 6) is 2.20. The fourth-order valence-electron chi connectivity index (χ4n) is 2.05. The quantitative estimate of drug-likeness (QED) is 0.595. The summed E-state index contributed by atoms with van der Waals surface area (Å²) in [6.07, 6.45) is 0.832. The Labute approximate surface area is 149 Å². The third-order valence-electron chi connectivity index (χ3n) is 3.40. The maximum atomic E-state index is 6.02. The Morgan fingerprint density at radius 3 is 2.78 bits per heavy atom. The van der Waals surface area contributed by atoms with E-state index in [1.54, 1.807) is 7.05 Å². The van der Waals surface area contributed by atoms with Gasteiger partial charge in [-0.1, -0.05) is 27.5 Å². The predicted octanol–water partition coefficient (Wildman–Crippen LogP) is 3.62. The molecule has 0 atom stereocenters. The molecule has 5 nitrogen and oxygen atoms in total. The zero-order chi connectivity index (χ0) is 16.8. The van der Waals surface area contributed by atoms with Crippen LogP contribution in [-0.4, -0.2) is 24.5 Å². The zero-order valence-corrected chi connectivity index (χ0v) is 15.8. The molecule has 0 aliphatic rings. The summed E-state index contributed by atoms with van der Waals surface area (Å²) in [6, 6.07) is 5.78. The first-order valence-corrected chi connectivity index (χ1v) is 8.48. The van der Waals surface area contributed by atoms with Crippen molar-refractivity contribution < 1.29 is 4.42 Å². The van der Waals surface area contributed by atoms with Gasteiger partial charge in [-0.2, -0.15) is 0 Å². The van der Waals surface area contributed by atoms with Crippen molar-refractivity contribution in [3.63, 3.8) is 0 Å². The lowest BCUT2D eigenvalue weighted by atomic mass is 10.1. The summed E-state index contributed by atoms with van der Waals surface area (Å²) in [6.45, 7) is 5.07. The number of hydrogen-bond acceptors (Lipinski definition) is 3. The molecule has 0 spiro atoms. The van der Waals surface area contributed by atoms with Gasteiger partial charge in [0.05, 0.1) is 12.2 Å². The van der Waals surface area contributed by atoms with Crippen molar-refractivity contribution in [1.82, 2.24) is 15.6 Å². The number of nitrogens with zero attached hydrogens (tertiary/aromatic N) is 2. The van der Waals surface area contributed by atoms with E-state index in [9.17, 15) is 0 Å². The lowest BCUT2D eigenvalue weighted by Gasteiger charge is -2.11. The van der Waals surface area contributed by atoms with Gasteiger partial charge >= 0.3 is 0 Å². The largest absolute Gasteiger partial charge is 0.444 e. The molecule has 2 rings (SSSR count). The van der Waals surface area contributed by atoms with Crippen molar-refractivity contribution in [2.24, 2.45) is 4.99 Å². The van der Waals surface area contributed by atoms with E-state index in [0.717, 1.165) is 39.5 Å². The number of guanidine groups is 1. The van der Waals surface area contributed by atoms with E-state index in [1.165, 1.54) is 0 Å². The molecule has 0 radical (unpaired) electrons. The standard InChI is InChI=1S/C16H20BrClN4O/c1-10-11(2)23-15(22-10)9-21-16(19-3)20-7-6-12-8-13(18)4-5-14(12)17/h4-5,8H,6-7,9H2,1-3H3,(H2,19,20,21). The number of halogens is 2. The second kappa shape index (κ2) is 8.36. The molecular formula is C16H20BrClN4O. The highest BCUT2D eigenvalue weighted by molar-refractivity contribution is 9.10. The van der Waals surface area contributed by atoms with Gasteiger partial charge in [0.15, 0.2) is 5.96 Å². The van der Waals surface area contributed by atoms with Gasteiger partial charge in [-0.3, -0.25) is 4.99 Å². The summed E-state index contributed by atoms with van der Waals surface area (Å²) in [5, 5.41) is 7.18. The molecule has 23 heavy (non-hydrogen) atoms. The number of aromatic nitrogens is 1. The highest BCUT2D eigenvalue weighted by Gasteiger charge is 2.07. The summed E-state index contributed by atoms with van der Waals surface area (Å²) < 4.78 is 6.59. The van der Waals surface area contributed by atoms with Crippen LogP contribution in [0.25, 0.3) is 0 Å². The molecule has 0 aliphatic carbocycles. The van der Waals surface area contributed by atoms with Crippen molar-refractivity contribution in [3.8, 4) is 0 Å². The van der Waals surface area contributed by atoms with E-state index in [1.807, 2.05) is 32.0 Å². The van der Waals surface area contributed by atoms with Gasteiger partial charge in [0.2, 0.25) is 5.89 Å². The summed E-state index contributed by atoms with van der Waals surface area (Å²) >= 11 is 9.56. The maximum Gasteiger partial charge on any atom is 0.214 e. The van der Waals surface area contributed by atoms with Crippen molar-refractivity contribution in [2.45, 2.75) is 26.8 Å². The molecule has 124 valence electrons. The number of aryl methyl sites for hydroxylation is 2. The van der Waals surface area contributed by atoms with E-state index >= 15 is 0 Å². The Morgan fingerprint density at radius 2 is 2.13 bits per heavy atom. The number of benzene rings is 1. The molecular weight excluding hydrogens is 380 g/mol. The van der Waals surface area contributed by atoms with Crippen LogP contribution < -0.4 is 10.6 Å². The Morgan fingerprint density at radius 1 is 1.35 bits per heavy atom. The minimum atomic E-state index is 0.495. The molecule has 0 amide bonds. The first-order valence-electron chi connectivity index (χ1n) is 7.31. The van der Waals surface area contributed by atoms with Crippen molar-refractivity contribution in [2.75, 3.05) is 13.6 Å². The number of hydrogen-bond donors (Lipinski definition) is 2. The molecule has 0 saturated heterocycles. The van der Waals surface area contributed by atoms with Crippen LogP contribution in [0.1, 0.15) is 22.9 Å². The molecule has 2 aromatic rings. The Hall–Kier alpha value is -1.53. The van der Waals surface area contributed by atoms with E-state index in [-0.39, 0.29) is 0 Å². The van der Waals surface area contributed by atoms with Crippen LogP contribution in [0.2, 0.25) is 5.02 Å². The lowest BCUT2D eigenvalue weighted by molar-refractivity contribution is 0.464. The smallest absolute Gasteiger partial charge is 0.214 e. The van der Waals surface area contributed by atoms with Crippen molar-refractivity contribution in [1.29, 1.82) is 0 Å². The molecule has 1 aromatic carbocycles. The average molecular weight is 400 g/mol. The van der Waals surface area contributed by atoms with Crippen molar-refractivity contribution in [3.05, 3.63) is 50.6 Å². The summed E-state index contributed by atoms with van der Waals surface area (Å²) in [7, 11) is 1.73. The van der Waals surface area contributed by atoms with Crippen LogP contribution >= 0.6 is 27.5 Å². The normalized spacial score (nSPS) is 11.6. The number of oxazole rings is 1. The topological polar surface area (TPSA) is 62.5 Å². The molecule has 0 bridgehead atoms. The molecule has 0 fully saturated rings. The fraction of sp³-hybridized carbons (Fsp3) is 0.375. The molecule has 2 N–H and O–H groups in total. The monoisotopic (exact) mass is 398 g/mol. The van der Waals surface area contributed by atoms with Crippen molar-refractivity contribution >= 4 is 33.5 Å². The molecule has 0 saturated carbocycles. The number of nitrogens with one attached hydrogen (secondary N) is 2. The molecule has 1 aromatic heterocycles. The lowest BCUT2D eigenvalue weighted by Crippen LogP contribution is -2.37. The van der Waals surface area contributed by atoms with E-state index < -0.39 is 0 Å². The highest BCUT2D eigenvalue weighted by Crippen LogP contribution is 2.21. The third-order valence-corrected chi connectivity index (χ3v) is 4.41. The SMILES string of the molecule is CN=C(NCCc1cc(Cl)ccc1Br)NCc1nc(C)c(C)o1. The van der Waals surface area contributed by atoms with E-state index in [0.29, 0.717) is 18.4 Å². The van der Waals surface area contributed by atoms with E-state index in [4.69, 9.17) is 16.0 Å². The minimum absolute atomic E-state index is 0.495. The first-order chi connectivity index (χ1) is 11.0. The summed E-state index contributed by atoms with van der Waals surface area (Å²) in [4.78, 5) is 8.52. The van der Waals surface area contributed by atoms with Gasteiger partial charge in [-0.05, 0) is 44.0 Å². The molecule has 7 heteroatoms. The molecule has 1 heterocycles. The highest BCUT2D eigenvalue weighted by atomic mass is 79.9. The zero-order valence-electron chi connectivity index (χ0n) is 13.4. The van der Waals surface area contributed by atoms with Crippen LogP contribution in [0.5, 0.6) is 0 Å². The second-order valence-electron chi connectivity index (χ2n) is 5.09. The fourth-order valence-corrected chi connectivity index (χ4v) is 2.68. The molecule has 0 aliphatic heterocycles. The van der Waals surface area contributed by atoms with Crippen LogP contribution in [0.15, 0.2) is 32.1 Å². The Kier molecular flexibility index (Phi) is 6.47. The number of aliphatic imine (C=N–C) groups is 1. The molecule has 0 unspecified atom stereocenters. The number of rotatable bonds is 5. The second-order valence-corrected chi connectivity index (χ2v) is 6.38. The van der Waals surface area contributed by atoms with E-state index in [2.05, 4.69) is 36.5 Å². The van der Waals surface area contributed by atoms with Crippen LogP contribution in [0.4, 0.5) is 0 Å². The van der Waals surface area contributed by atoms with Gasteiger partial charge in [0, 0.05) is 23.1 Å². The van der Waals surface area contributed by atoms with Crippen LogP contribution in [-0.2, 0) is 13.0 Å². The maximum absolute atomic E-state index is 6.02.